The summed E-state index contributed by atoms with van der Waals surface area (Å²) in [7, 11) is 5.42. The van der Waals surface area contributed by atoms with Crippen LogP contribution in [0.15, 0.2) is 42.6 Å². The number of carbonyl (C=O) groups excluding carboxylic acids is 1. The fraction of sp³-hybridized carbons (Fsp3) is 0.368. The maximum Gasteiger partial charge on any atom is 0.256 e. The zero-order chi connectivity index (χ0) is 18.0. The molecule has 6 nitrogen and oxygen atoms in total. The summed E-state index contributed by atoms with van der Waals surface area (Å²) in [4.78, 5) is 20.8. The fourth-order valence-corrected chi connectivity index (χ4v) is 3.15. The van der Waals surface area contributed by atoms with Crippen LogP contribution in [-0.4, -0.2) is 54.8 Å². The number of aliphatic hydroxyl groups is 1. The minimum atomic E-state index is -0.533. The van der Waals surface area contributed by atoms with Crippen molar-refractivity contribution >= 4 is 11.7 Å². The maximum absolute atomic E-state index is 12.9. The number of likely N-dealkylation sites (tertiary alicyclic amines) is 1. The third kappa shape index (κ3) is 3.58. The molecule has 1 fully saturated rings. The minimum absolute atomic E-state index is 0.123. The van der Waals surface area contributed by atoms with Crippen LogP contribution in [0.25, 0.3) is 0 Å². The number of benzene rings is 1. The molecule has 25 heavy (non-hydrogen) atoms. The number of methoxy groups -OCH3 is 1. The summed E-state index contributed by atoms with van der Waals surface area (Å²) in [6.45, 7) is 0.316. The number of aromatic nitrogens is 1. The van der Waals surface area contributed by atoms with Gasteiger partial charge >= 0.3 is 0 Å². The number of hydrogen-bond donors (Lipinski definition) is 1. The van der Waals surface area contributed by atoms with Crippen LogP contribution < -0.4 is 9.64 Å². The number of ether oxygens (including phenoxy) is 1. The highest BCUT2D eigenvalue weighted by molar-refractivity contribution is 5.94. The van der Waals surface area contributed by atoms with Crippen molar-refractivity contribution in [3.8, 4) is 5.75 Å². The second kappa shape index (κ2) is 7.11. The lowest BCUT2D eigenvalue weighted by Gasteiger charge is -2.25. The monoisotopic (exact) mass is 341 g/mol. The summed E-state index contributed by atoms with van der Waals surface area (Å²) in [6.07, 6.45) is 1.57. The van der Waals surface area contributed by atoms with Crippen molar-refractivity contribution in [2.24, 2.45) is 0 Å². The molecule has 1 N–H and O–H groups in total. The lowest BCUT2D eigenvalue weighted by Crippen LogP contribution is -2.32. The Hall–Kier alpha value is -2.60. The molecule has 2 aromatic rings. The Morgan fingerprint density at radius 3 is 2.76 bits per heavy atom. The zero-order valence-corrected chi connectivity index (χ0v) is 14.7. The second-order valence-electron chi connectivity index (χ2n) is 6.44. The number of β-amino-alcohol motifs (C(OH)–C–C–N with tert-alkyl or cyclic N) is 1. The van der Waals surface area contributed by atoms with E-state index < -0.39 is 6.10 Å². The van der Waals surface area contributed by atoms with Gasteiger partial charge in [-0.1, -0.05) is 12.1 Å². The zero-order valence-electron chi connectivity index (χ0n) is 14.7. The number of rotatable bonds is 4. The second-order valence-corrected chi connectivity index (χ2v) is 6.44. The molecule has 1 amide bonds. The molecule has 132 valence electrons. The molecule has 0 saturated carbocycles. The van der Waals surface area contributed by atoms with Crippen LogP contribution in [-0.2, 0) is 0 Å². The first-order chi connectivity index (χ1) is 12.0. The molecule has 1 aliphatic heterocycles. The Bertz CT molecular complexity index is 746. The summed E-state index contributed by atoms with van der Waals surface area (Å²) in [5.41, 5.74) is 1.48. The Kier molecular flexibility index (Phi) is 4.90. The highest BCUT2D eigenvalue weighted by Gasteiger charge is 2.36. The Morgan fingerprint density at radius 1 is 1.32 bits per heavy atom. The van der Waals surface area contributed by atoms with Crippen molar-refractivity contribution in [1.29, 1.82) is 0 Å². The number of aliphatic hydroxyl groups excluding tert-OH is 1. The molecule has 0 unspecified atom stereocenters. The molecular formula is C19H23N3O3. The van der Waals surface area contributed by atoms with Gasteiger partial charge in [0.25, 0.3) is 5.91 Å². The summed E-state index contributed by atoms with van der Waals surface area (Å²) < 4.78 is 5.28. The Labute approximate surface area is 147 Å². The minimum Gasteiger partial charge on any atom is -0.497 e. The van der Waals surface area contributed by atoms with Crippen molar-refractivity contribution in [3.63, 3.8) is 0 Å². The topological polar surface area (TPSA) is 65.9 Å². The number of pyridine rings is 1. The van der Waals surface area contributed by atoms with E-state index >= 15 is 0 Å². The lowest BCUT2D eigenvalue weighted by atomic mass is 10.0. The van der Waals surface area contributed by atoms with Gasteiger partial charge in [-0.3, -0.25) is 4.79 Å². The standard InChI is InChI=1S/C19H23N3O3/c1-21(2)18-8-7-14(11-20-18)19(24)22-12-15(23)10-17(22)13-5-4-6-16(9-13)25-3/h4-9,11,15,17,23H,10,12H2,1-3H3/t15-,17+/m1/s1. The number of nitrogens with zero attached hydrogens (tertiary/aromatic N) is 3. The average Bonchev–Trinajstić information content (AvgIpc) is 3.03. The molecule has 0 aliphatic carbocycles. The molecule has 0 radical (unpaired) electrons. The highest BCUT2D eigenvalue weighted by atomic mass is 16.5. The molecule has 1 aliphatic rings. The van der Waals surface area contributed by atoms with E-state index in [4.69, 9.17) is 4.74 Å². The van der Waals surface area contributed by atoms with Gasteiger partial charge in [-0.25, -0.2) is 4.98 Å². The molecule has 0 bridgehead atoms. The van der Waals surface area contributed by atoms with Gasteiger partial charge in [0.2, 0.25) is 0 Å². The van der Waals surface area contributed by atoms with Crippen LogP contribution in [0.2, 0.25) is 0 Å². The highest BCUT2D eigenvalue weighted by Crippen LogP contribution is 2.34. The van der Waals surface area contributed by atoms with Gasteiger partial charge in [0, 0.05) is 26.8 Å². The smallest absolute Gasteiger partial charge is 0.256 e. The molecule has 1 saturated heterocycles. The van der Waals surface area contributed by atoms with Crippen LogP contribution in [0.4, 0.5) is 5.82 Å². The average molecular weight is 341 g/mol. The van der Waals surface area contributed by atoms with E-state index in [0.29, 0.717) is 18.5 Å². The molecular weight excluding hydrogens is 318 g/mol. The van der Waals surface area contributed by atoms with Crippen molar-refractivity contribution in [1.82, 2.24) is 9.88 Å². The van der Waals surface area contributed by atoms with Crippen molar-refractivity contribution in [2.75, 3.05) is 32.6 Å². The summed E-state index contributed by atoms with van der Waals surface area (Å²) in [5.74, 6) is 1.41. The van der Waals surface area contributed by atoms with E-state index in [1.807, 2.05) is 49.3 Å². The van der Waals surface area contributed by atoms with E-state index in [9.17, 15) is 9.90 Å². The van der Waals surface area contributed by atoms with Gasteiger partial charge in [0.1, 0.15) is 11.6 Å². The Balaban J connectivity index is 1.86. The van der Waals surface area contributed by atoms with Gasteiger partial charge < -0.3 is 19.6 Å². The molecule has 2 heterocycles. The molecule has 2 atom stereocenters. The van der Waals surface area contributed by atoms with E-state index in [1.54, 1.807) is 24.3 Å². The van der Waals surface area contributed by atoms with Gasteiger partial charge in [-0.05, 0) is 36.2 Å². The van der Waals surface area contributed by atoms with Gasteiger partial charge in [0.05, 0.1) is 24.8 Å². The van der Waals surface area contributed by atoms with Crippen molar-refractivity contribution in [3.05, 3.63) is 53.7 Å². The van der Waals surface area contributed by atoms with Crippen molar-refractivity contribution in [2.45, 2.75) is 18.6 Å². The van der Waals surface area contributed by atoms with E-state index in [2.05, 4.69) is 4.98 Å². The third-order valence-electron chi connectivity index (χ3n) is 4.47. The number of anilines is 1. The molecule has 0 spiro atoms. The number of amides is 1. The first-order valence-electron chi connectivity index (χ1n) is 8.26. The van der Waals surface area contributed by atoms with E-state index in [-0.39, 0.29) is 11.9 Å². The maximum atomic E-state index is 12.9. The molecule has 6 heteroatoms. The predicted molar refractivity (Wildman–Crippen MR) is 96.0 cm³/mol. The Morgan fingerprint density at radius 2 is 2.12 bits per heavy atom. The van der Waals surface area contributed by atoms with Crippen molar-refractivity contribution < 1.29 is 14.6 Å². The van der Waals surface area contributed by atoms with Gasteiger partial charge in [0.15, 0.2) is 0 Å². The quantitative estimate of drug-likeness (QED) is 0.923. The van der Waals surface area contributed by atoms with E-state index in [0.717, 1.165) is 17.1 Å². The van der Waals surface area contributed by atoms with Crippen LogP contribution in [0, 0.1) is 0 Å². The molecule has 1 aromatic carbocycles. The SMILES string of the molecule is COc1cccc([C@@H]2C[C@@H](O)CN2C(=O)c2ccc(N(C)C)nc2)c1. The normalized spacial score (nSPS) is 19.8. The van der Waals surface area contributed by atoms with E-state index in [1.165, 1.54) is 0 Å². The first-order valence-corrected chi connectivity index (χ1v) is 8.26. The molecule has 3 rings (SSSR count). The first kappa shape index (κ1) is 17.2. The van der Waals surface area contributed by atoms with Gasteiger partial charge in [-0.15, -0.1) is 0 Å². The summed E-state index contributed by atoms with van der Waals surface area (Å²) in [6, 6.07) is 11.1. The summed E-state index contributed by atoms with van der Waals surface area (Å²) >= 11 is 0. The predicted octanol–water partition coefficient (Wildman–Crippen LogP) is 2.10. The lowest BCUT2D eigenvalue weighted by molar-refractivity contribution is 0.0715. The number of hydrogen-bond acceptors (Lipinski definition) is 5. The molecule has 1 aromatic heterocycles. The van der Waals surface area contributed by atoms with Crippen LogP contribution >= 0.6 is 0 Å². The number of carbonyl (C=O) groups is 1. The van der Waals surface area contributed by atoms with Crippen LogP contribution in [0.3, 0.4) is 0 Å². The largest absolute Gasteiger partial charge is 0.497 e. The summed E-state index contributed by atoms with van der Waals surface area (Å²) in [5, 5.41) is 10.1. The fourth-order valence-electron chi connectivity index (χ4n) is 3.15. The third-order valence-corrected chi connectivity index (χ3v) is 4.47. The van der Waals surface area contributed by atoms with Crippen LogP contribution in [0.1, 0.15) is 28.4 Å². The van der Waals surface area contributed by atoms with Crippen LogP contribution in [0.5, 0.6) is 5.75 Å². The van der Waals surface area contributed by atoms with Gasteiger partial charge in [-0.2, -0.15) is 0 Å².